The van der Waals surface area contributed by atoms with Crippen LogP contribution in [0.3, 0.4) is 0 Å². The van der Waals surface area contributed by atoms with Gasteiger partial charge in [-0.05, 0) is 43.5 Å². The van der Waals surface area contributed by atoms with E-state index in [4.69, 9.17) is 16.3 Å². The van der Waals surface area contributed by atoms with Crippen LogP contribution in [-0.2, 0) is 11.3 Å². The predicted molar refractivity (Wildman–Crippen MR) is 68.4 cm³/mol. The molecule has 0 aliphatic carbocycles. The second-order valence-corrected chi connectivity index (χ2v) is 4.90. The quantitative estimate of drug-likeness (QED) is 0.795. The van der Waals surface area contributed by atoms with E-state index in [2.05, 4.69) is 5.32 Å². The van der Waals surface area contributed by atoms with E-state index in [9.17, 15) is 5.11 Å². The summed E-state index contributed by atoms with van der Waals surface area (Å²) in [5.74, 6) is 0.988. The molecule has 1 aromatic carbocycles. The summed E-state index contributed by atoms with van der Waals surface area (Å²) < 4.78 is 5.32. The number of hydrogen-bond donors (Lipinski definition) is 2. The molecule has 1 saturated heterocycles. The summed E-state index contributed by atoms with van der Waals surface area (Å²) in [5.41, 5.74) is 0.847. The second kappa shape index (κ2) is 6.24. The first-order chi connectivity index (χ1) is 8.25. The number of hydrogen-bond acceptors (Lipinski definition) is 3. The van der Waals surface area contributed by atoms with Crippen molar-refractivity contribution >= 4 is 11.6 Å². The number of nitrogens with one attached hydrogen (secondary N) is 1. The highest BCUT2D eigenvalue weighted by molar-refractivity contribution is 6.30. The van der Waals surface area contributed by atoms with Gasteiger partial charge in [0.15, 0.2) is 0 Å². The molecule has 94 valence electrons. The Morgan fingerprint density at radius 3 is 3.12 bits per heavy atom. The van der Waals surface area contributed by atoms with Gasteiger partial charge in [0.1, 0.15) is 5.75 Å². The van der Waals surface area contributed by atoms with Crippen LogP contribution in [0.2, 0.25) is 5.02 Å². The average molecular weight is 256 g/mol. The van der Waals surface area contributed by atoms with Gasteiger partial charge in [-0.1, -0.05) is 11.6 Å². The van der Waals surface area contributed by atoms with E-state index in [-0.39, 0.29) is 0 Å². The van der Waals surface area contributed by atoms with E-state index in [1.165, 1.54) is 6.42 Å². The molecule has 0 spiro atoms. The van der Waals surface area contributed by atoms with Crippen LogP contribution in [0.15, 0.2) is 18.2 Å². The highest BCUT2D eigenvalue weighted by Crippen LogP contribution is 2.21. The number of phenolic OH excluding ortho intramolecular Hbond substituents is 1. The van der Waals surface area contributed by atoms with Crippen molar-refractivity contribution in [3.8, 4) is 5.75 Å². The van der Waals surface area contributed by atoms with Gasteiger partial charge >= 0.3 is 0 Å². The third kappa shape index (κ3) is 3.87. The van der Waals surface area contributed by atoms with Crippen LogP contribution in [0.1, 0.15) is 18.4 Å². The number of aromatic hydroxyl groups is 1. The number of rotatable bonds is 5. The minimum absolute atomic E-state index is 0.297. The molecule has 3 nitrogen and oxygen atoms in total. The summed E-state index contributed by atoms with van der Waals surface area (Å²) in [4.78, 5) is 0. The largest absolute Gasteiger partial charge is 0.508 e. The van der Waals surface area contributed by atoms with Gasteiger partial charge in [0.25, 0.3) is 0 Å². The van der Waals surface area contributed by atoms with Gasteiger partial charge in [-0.2, -0.15) is 0 Å². The van der Waals surface area contributed by atoms with Crippen molar-refractivity contribution < 1.29 is 9.84 Å². The maximum Gasteiger partial charge on any atom is 0.120 e. The molecule has 0 amide bonds. The van der Waals surface area contributed by atoms with Crippen LogP contribution in [-0.4, -0.2) is 24.9 Å². The zero-order valence-electron chi connectivity index (χ0n) is 9.79. The van der Waals surface area contributed by atoms with Gasteiger partial charge in [-0.25, -0.2) is 0 Å². The van der Waals surface area contributed by atoms with Gasteiger partial charge in [0.2, 0.25) is 0 Å². The first kappa shape index (κ1) is 12.7. The first-order valence-electron chi connectivity index (χ1n) is 6.01. The van der Waals surface area contributed by atoms with Crippen molar-refractivity contribution in [1.82, 2.24) is 5.32 Å². The number of ether oxygens (including phenoxy) is 1. The fourth-order valence-electron chi connectivity index (χ4n) is 2.04. The highest BCUT2D eigenvalue weighted by atomic mass is 35.5. The van der Waals surface area contributed by atoms with Crippen molar-refractivity contribution in [2.24, 2.45) is 5.92 Å². The molecule has 2 rings (SSSR count). The predicted octanol–water partition coefficient (Wildman–Crippen LogP) is 2.56. The molecular weight excluding hydrogens is 238 g/mol. The molecule has 0 radical (unpaired) electrons. The zero-order valence-corrected chi connectivity index (χ0v) is 10.5. The number of phenols is 1. The smallest absolute Gasteiger partial charge is 0.120 e. The summed E-state index contributed by atoms with van der Waals surface area (Å²) in [6.45, 7) is 3.39. The zero-order chi connectivity index (χ0) is 12.1. The van der Waals surface area contributed by atoms with Crippen LogP contribution >= 0.6 is 11.6 Å². The lowest BCUT2D eigenvalue weighted by molar-refractivity contribution is 0.184. The molecule has 1 unspecified atom stereocenters. The topological polar surface area (TPSA) is 41.5 Å². The summed E-state index contributed by atoms with van der Waals surface area (Å²) >= 11 is 5.88. The molecule has 1 aromatic rings. The lowest BCUT2D eigenvalue weighted by Gasteiger charge is -2.09. The Hall–Kier alpha value is -0.770. The maximum absolute atomic E-state index is 9.63. The second-order valence-electron chi connectivity index (χ2n) is 4.47. The molecule has 4 heteroatoms. The normalized spacial score (nSPS) is 19.7. The van der Waals surface area contributed by atoms with Crippen LogP contribution in [0.5, 0.6) is 5.75 Å². The van der Waals surface area contributed by atoms with Gasteiger partial charge < -0.3 is 15.2 Å². The number of halogens is 1. The summed E-state index contributed by atoms with van der Waals surface area (Å²) in [6, 6.07) is 5.11. The maximum atomic E-state index is 9.63. The molecule has 1 heterocycles. The van der Waals surface area contributed by atoms with Gasteiger partial charge in [0.05, 0.1) is 0 Å². The van der Waals surface area contributed by atoms with Gasteiger partial charge in [-0.15, -0.1) is 0 Å². The molecule has 0 bridgehead atoms. The SMILES string of the molecule is Oc1ccc(Cl)cc1CNCCC1CCOC1. The van der Waals surface area contributed by atoms with E-state index in [0.717, 1.165) is 31.7 Å². The summed E-state index contributed by atoms with van der Waals surface area (Å²) in [6.07, 6.45) is 2.30. The summed E-state index contributed by atoms with van der Waals surface area (Å²) in [7, 11) is 0. The highest BCUT2D eigenvalue weighted by Gasteiger charge is 2.14. The fourth-order valence-corrected chi connectivity index (χ4v) is 2.23. The molecule has 2 N–H and O–H groups in total. The molecule has 0 aromatic heterocycles. The van der Waals surface area contributed by atoms with Crippen molar-refractivity contribution in [3.63, 3.8) is 0 Å². The minimum Gasteiger partial charge on any atom is -0.508 e. The fraction of sp³-hybridized carbons (Fsp3) is 0.538. The van der Waals surface area contributed by atoms with E-state index < -0.39 is 0 Å². The van der Waals surface area contributed by atoms with Gasteiger partial charge in [-0.3, -0.25) is 0 Å². The first-order valence-corrected chi connectivity index (χ1v) is 6.39. The van der Waals surface area contributed by atoms with Gasteiger partial charge in [0, 0.05) is 30.3 Å². The van der Waals surface area contributed by atoms with Crippen LogP contribution < -0.4 is 5.32 Å². The van der Waals surface area contributed by atoms with Crippen molar-refractivity contribution in [2.75, 3.05) is 19.8 Å². The Morgan fingerprint density at radius 2 is 2.35 bits per heavy atom. The third-order valence-electron chi connectivity index (χ3n) is 3.11. The van der Waals surface area contributed by atoms with E-state index in [1.807, 2.05) is 0 Å². The standard InChI is InChI=1S/C13H18ClNO2/c14-12-1-2-13(16)11(7-12)8-15-5-3-10-4-6-17-9-10/h1-2,7,10,15-16H,3-6,8-9H2. The van der Waals surface area contributed by atoms with E-state index in [0.29, 0.717) is 23.2 Å². The minimum atomic E-state index is 0.297. The lowest BCUT2D eigenvalue weighted by Crippen LogP contribution is -2.18. The molecule has 0 saturated carbocycles. The Kier molecular flexibility index (Phi) is 4.66. The number of benzene rings is 1. The average Bonchev–Trinajstić information content (AvgIpc) is 2.82. The van der Waals surface area contributed by atoms with Crippen molar-refractivity contribution in [1.29, 1.82) is 0 Å². The van der Waals surface area contributed by atoms with Crippen LogP contribution in [0.25, 0.3) is 0 Å². The van der Waals surface area contributed by atoms with E-state index >= 15 is 0 Å². The lowest BCUT2D eigenvalue weighted by atomic mass is 10.1. The van der Waals surface area contributed by atoms with Crippen LogP contribution in [0, 0.1) is 5.92 Å². The Bertz CT molecular complexity index is 364. The molecule has 1 aliphatic rings. The Labute approximate surface area is 107 Å². The monoisotopic (exact) mass is 255 g/mol. The van der Waals surface area contributed by atoms with Crippen molar-refractivity contribution in [2.45, 2.75) is 19.4 Å². The molecule has 1 atom stereocenters. The van der Waals surface area contributed by atoms with Crippen molar-refractivity contribution in [3.05, 3.63) is 28.8 Å². The molecule has 1 fully saturated rings. The molecule has 17 heavy (non-hydrogen) atoms. The van der Waals surface area contributed by atoms with E-state index in [1.54, 1.807) is 18.2 Å². The third-order valence-corrected chi connectivity index (χ3v) is 3.35. The van der Waals surface area contributed by atoms with Crippen LogP contribution in [0.4, 0.5) is 0 Å². The summed E-state index contributed by atoms with van der Waals surface area (Å²) in [5, 5.41) is 13.6. The molecular formula is C13H18ClNO2. The molecule has 1 aliphatic heterocycles. The Balaban J connectivity index is 1.72. The Morgan fingerprint density at radius 1 is 1.47 bits per heavy atom.